The zero-order chi connectivity index (χ0) is 14.7. The fourth-order valence-electron chi connectivity index (χ4n) is 2.40. The van der Waals surface area contributed by atoms with Gasteiger partial charge in [0, 0.05) is 32.5 Å². The minimum absolute atomic E-state index is 0.328. The van der Waals surface area contributed by atoms with Gasteiger partial charge in [-0.1, -0.05) is 13.8 Å². The molecule has 0 atom stereocenters. The highest BCUT2D eigenvalue weighted by Gasteiger charge is 2.20. The van der Waals surface area contributed by atoms with Gasteiger partial charge in [0.2, 0.25) is 0 Å². The molecule has 5 heteroatoms. The molecule has 0 fully saturated rings. The van der Waals surface area contributed by atoms with Crippen molar-refractivity contribution in [3.05, 3.63) is 35.8 Å². The molecule has 0 spiro atoms. The van der Waals surface area contributed by atoms with Crippen LogP contribution in [0, 0.1) is 0 Å². The van der Waals surface area contributed by atoms with E-state index in [1.54, 1.807) is 0 Å². The summed E-state index contributed by atoms with van der Waals surface area (Å²) in [7, 11) is 1.95. The molecule has 0 aliphatic rings. The number of aryl methyl sites for hydroxylation is 1. The van der Waals surface area contributed by atoms with Crippen molar-refractivity contribution in [3.63, 3.8) is 0 Å². The first-order chi connectivity index (χ1) is 9.54. The molecule has 0 saturated carbocycles. The number of hydrogen-bond donors (Lipinski definition) is 1. The lowest BCUT2D eigenvalue weighted by atomic mass is 10.1. The molecule has 2 aromatic rings. The quantitative estimate of drug-likeness (QED) is 0.909. The molecular weight excluding hydrogens is 250 g/mol. The first-order valence-electron chi connectivity index (χ1n) is 7.00. The largest absolute Gasteiger partial charge is 0.394 e. The van der Waals surface area contributed by atoms with Crippen molar-refractivity contribution in [1.29, 1.82) is 0 Å². The van der Waals surface area contributed by atoms with E-state index in [1.807, 2.05) is 36.3 Å². The molecule has 0 amide bonds. The van der Waals surface area contributed by atoms with Gasteiger partial charge in [0.25, 0.3) is 0 Å². The lowest BCUT2D eigenvalue weighted by molar-refractivity contribution is 0.686. The summed E-state index contributed by atoms with van der Waals surface area (Å²) >= 11 is 0. The van der Waals surface area contributed by atoms with Gasteiger partial charge in [-0.15, -0.1) is 0 Å². The molecule has 0 aliphatic heterocycles. The smallest absolute Gasteiger partial charge is 0.150 e. The van der Waals surface area contributed by atoms with Crippen molar-refractivity contribution in [1.82, 2.24) is 14.8 Å². The van der Waals surface area contributed by atoms with Crippen LogP contribution < -0.4 is 10.6 Å². The van der Waals surface area contributed by atoms with Crippen LogP contribution >= 0.6 is 0 Å². The Labute approximate surface area is 120 Å². The summed E-state index contributed by atoms with van der Waals surface area (Å²) in [5.41, 5.74) is 9.27. The Morgan fingerprint density at radius 3 is 2.45 bits per heavy atom. The average Bonchev–Trinajstić information content (AvgIpc) is 2.73. The van der Waals surface area contributed by atoms with E-state index in [1.165, 1.54) is 5.56 Å². The number of aromatic nitrogens is 3. The Morgan fingerprint density at radius 2 is 1.95 bits per heavy atom. The van der Waals surface area contributed by atoms with Gasteiger partial charge < -0.3 is 10.6 Å². The fraction of sp³-hybridized carbons (Fsp3) is 0.467. The summed E-state index contributed by atoms with van der Waals surface area (Å²) in [6, 6.07) is 4.05. The third-order valence-corrected chi connectivity index (χ3v) is 3.43. The minimum atomic E-state index is 0.328. The van der Waals surface area contributed by atoms with Crippen LogP contribution in [-0.4, -0.2) is 21.3 Å². The van der Waals surface area contributed by atoms with E-state index in [0.717, 1.165) is 30.3 Å². The summed E-state index contributed by atoms with van der Waals surface area (Å²) in [6.07, 6.45) is 3.63. The molecule has 2 N–H and O–H groups in total. The van der Waals surface area contributed by atoms with Crippen LogP contribution in [0.2, 0.25) is 0 Å². The Balaban J connectivity index is 2.33. The molecule has 0 aliphatic carbocycles. The highest BCUT2D eigenvalue weighted by atomic mass is 15.4. The van der Waals surface area contributed by atoms with E-state index >= 15 is 0 Å². The van der Waals surface area contributed by atoms with Gasteiger partial charge >= 0.3 is 0 Å². The van der Waals surface area contributed by atoms with Gasteiger partial charge in [-0.05, 0) is 30.5 Å². The number of anilines is 2. The van der Waals surface area contributed by atoms with E-state index < -0.39 is 0 Å². The van der Waals surface area contributed by atoms with Crippen molar-refractivity contribution in [2.24, 2.45) is 7.05 Å². The SMILES string of the molecule is CCN(Cc1ccncc1)c1c(N)c(C(C)C)nn1C. The number of rotatable bonds is 5. The van der Waals surface area contributed by atoms with Crippen LogP contribution in [0.3, 0.4) is 0 Å². The number of hydrogen-bond acceptors (Lipinski definition) is 4. The first kappa shape index (κ1) is 14.4. The zero-order valence-corrected chi connectivity index (χ0v) is 12.7. The lowest BCUT2D eigenvalue weighted by Gasteiger charge is -2.23. The van der Waals surface area contributed by atoms with Crippen LogP contribution in [0.1, 0.15) is 37.9 Å². The molecular formula is C15H23N5. The summed E-state index contributed by atoms with van der Waals surface area (Å²) in [5, 5.41) is 4.56. The first-order valence-corrected chi connectivity index (χ1v) is 7.00. The van der Waals surface area contributed by atoms with Gasteiger partial charge in [-0.3, -0.25) is 9.67 Å². The predicted octanol–water partition coefficient (Wildman–Crippen LogP) is 2.55. The highest BCUT2D eigenvalue weighted by molar-refractivity contribution is 5.67. The Kier molecular flexibility index (Phi) is 4.27. The summed E-state index contributed by atoms with van der Waals surface area (Å²) in [4.78, 5) is 6.29. The molecule has 5 nitrogen and oxygen atoms in total. The van der Waals surface area contributed by atoms with Gasteiger partial charge in [0.1, 0.15) is 0 Å². The van der Waals surface area contributed by atoms with E-state index in [4.69, 9.17) is 5.73 Å². The Bertz CT molecular complexity index is 559. The Hall–Kier alpha value is -2.04. The number of nitrogens with two attached hydrogens (primary N) is 1. The number of nitrogens with zero attached hydrogens (tertiary/aromatic N) is 4. The molecule has 108 valence electrons. The molecule has 2 heterocycles. The minimum Gasteiger partial charge on any atom is -0.394 e. The van der Waals surface area contributed by atoms with Crippen molar-refractivity contribution in [2.45, 2.75) is 33.2 Å². The maximum Gasteiger partial charge on any atom is 0.150 e. The standard InChI is InChI=1S/C15H23N5/c1-5-20(10-12-6-8-17-9-7-12)15-13(16)14(11(2)3)18-19(15)4/h6-9,11H,5,10,16H2,1-4H3. The monoisotopic (exact) mass is 273 g/mol. The molecule has 0 unspecified atom stereocenters. The van der Waals surface area contributed by atoms with Crippen molar-refractivity contribution in [2.75, 3.05) is 17.2 Å². The second-order valence-electron chi connectivity index (χ2n) is 5.27. The van der Waals surface area contributed by atoms with Crippen molar-refractivity contribution in [3.8, 4) is 0 Å². The van der Waals surface area contributed by atoms with Crippen LogP contribution in [0.5, 0.6) is 0 Å². The summed E-state index contributed by atoms with van der Waals surface area (Å²) < 4.78 is 1.88. The molecule has 2 rings (SSSR count). The molecule has 20 heavy (non-hydrogen) atoms. The van der Waals surface area contributed by atoms with Gasteiger partial charge in [0.05, 0.1) is 11.4 Å². The molecule has 2 aromatic heterocycles. The normalized spacial score (nSPS) is 11.1. The van der Waals surface area contributed by atoms with Gasteiger partial charge in [-0.25, -0.2) is 0 Å². The van der Waals surface area contributed by atoms with E-state index in [0.29, 0.717) is 5.92 Å². The van der Waals surface area contributed by atoms with Crippen molar-refractivity contribution < 1.29 is 0 Å². The molecule has 0 radical (unpaired) electrons. The number of nitrogen functional groups attached to an aromatic ring is 1. The van der Waals surface area contributed by atoms with Gasteiger partial charge in [0.15, 0.2) is 5.82 Å². The molecule has 0 bridgehead atoms. The summed E-state index contributed by atoms with van der Waals surface area (Å²) in [5.74, 6) is 1.32. The van der Waals surface area contributed by atoms with Crippen LogP contribution in [0.25, 0.3) is 0 Å². The third-order valence-electron chi connectivity index (χ3n) is 3.43. The van der Waals surface area contributed by atoms with Crippen molar-refractivity contribution >= 4 is 11.5 Å². The number of pyridine rings is 1. The lowest BCUT2D eigenvalue weighted by Crippen LogP contribution is -2.25. The van der Waals surface area contributed by atoms with Crippen LogP contribution in [0.4, 0.5) is 11.5 Å². The van der Waals surface area contributed by atoms with E-state index in [2.05, 4.69) is 35.8 Å². The maximum absolute atomic E-state index is 6.30. The highest BCUT2D eigenvalue weighted by Crippen LogP contribution is 2.31. The average molecular weight is 273 g/mol. The van der Waals surface area contributed by atoms with E-state index in [-0.39, 0.29) is 0 Å². The predicted molar refractivity (Wildman–Crippen MR) is 82.7 cm³/mol. The molecule has 0 saturated heterocycles. The summed E-state index contributed by atoms with van der Waals surface area (Å²) in [6.45, 7) is 8.04. The van der Waals surface area contributed by atoms with Crippen LogP contribution in [-0.2, 0) is 13.6 Å². The Morgan fingerprint density at radius 1 is 1.30 bits per heavy atom. The van der Waals surface area contributed by atoms with Crippen LogP contribution in [0.15, 0.2) is 24.5 Å². The molecule has 0 aromatic carbocycles. The second-order valence-corrected chi connectivity index (χ2v) is 5.27. The fourth-order valence-corrected chi connectivity index (χ4v) is 2.40. The van der Waals surface area contributed by atoms with E-state index in [9.17, 15) is 0 Å². The third kappa shape index (κ3) is 2.76. The second kappa shape index (κ2) is 5.94. The maximum atomic E-state index is 6.30. The van der Waals surface area contributed by atoms with Gasteiger partial charge in [-0.2, -0.15) is 5.10 Å². The topological polar surface area (TPSA) is 60.0 Å². The zero-order valence-electron chi connectivity index (χ0n) is 12.7.